The van der Waals surface area contributed by atoms with E-state index in [1.54, 1.807) is 17.5 Å². The smallest absolute Gasteiger partial charge is 0.191 e. The zero-order chi connectivity index (χ0) is 16.7. The predicted molar refractivity (Wildman–Crippen MR) is 111 cm³/mol. The number of thiazole rings is 1. The van der Waals surface area contributed by atoms with Crippen LogP contribution in [0, 0.1) is 6.92 Å². The Morgan fingerprint density at radius 1 is 1.33 bits per heavy atom. The molecular formula is C16H27IN6S. The van der Waals surface area contributed by atoms with Crippen molar-refractivity contribution in [1.29, 1.82) is 0 Å². The lowest BCUT2D eigenvalue weighted by Gasteiger charge is -2.10. The Labute approximate surface area is 165 Å². The molecule has 0 saturated carbocycles. The number of nitrogens with zero attached hydrogens (tertiary/aromatic N) is 4. The summed E-state index contributed by atoms with van der Waals surface area (Å²) in [5, 5.41) is 12.0. The van der Waals surface area contributed by atoms with Crippen molar-refractivity contribution in [3.05, 3.63) is 33.5 Å². The van der Waals surface area contributed by atoms with E-state index in [9.17, 15) is 0 Å². The van der Waals surface area contributed by atoms with Gasteiger partial charge in [-0.2, -0.15) is 5.10 Å². The molecular weight excluding hydrogens is 435 g/mol. The molecule has 2 heterocycles. The summed E-state index contributed by atoms with van der Waals surface area (Å²) >= 11 is 1.79. The zero-order valence-electron chi connectivity index (χ0n) is 14.8. The summed E-state index contributed by atoms with van der Waals surface area (Å²) in [4.78, 5) is 10.6. The Morgan fingerprint density at radius 3 is 2.71 bits per heavy atom. The van der Waals surface area contributed by atoms with Gasteiger partial charge in [0.15, 0.2) is 5.96 Å². The minimum atomic E-state index is 0. The van der Waals surface area contributed by atoms with Crippen LogP contribution in [0.2, 0.25) is 0 Å². The van der Waals surface area contributed by atoms with Crippen molar-refractivity contribution >= 4 is 41.3 Å². The highest BCUT2D eigenvalue weighted by molar-refractivity contribution is 14.0. The van der Waals surface area contributed by atoms with Gasteiger partial charge in [0, 0.05) is 37.6 Å². The molecule has 134 valence electrons. The van der Waals surface area contributed by atoms with E-state index in [1.165, 1.54) is 15.6 Å². The molecule has 0 unspecified atom stereocenters. The van der Waals surface area contributed by atoms with Crippen molar-refractivity contribution in [2.75, 3.05) is 13.1 Å². The van der Waals surface area contributed by atoms with Gasteiger partial charge in [-0.1, -0.05) is 6.92 Å². The molecule has 2 rings (SSSR count). The first kappa shape index (κ1) is 20.9. The van der Waals surface area contributed by atoms with E-state index in [0.717, 1.165) is 37.6 Å². The van der Waals surface area contributed by atoms with Crippen LogP contribution in [0.4, 0.5) is 0 Å². The maximum absolute atomic E-state index is 4.68. The van der Waals surface area contributed by atoms with Gasteiger partial charge in [-0.25, -0.2) is 9.98 Å². The molecule has 2 aromatic heterocycles. The van der Waals surface area contributed by atoms with Crippen molar-refractivity contribution in [3.63, 3.8) is 0 Å². The predicted octanol–water partition coefficient (Wildman–Crippen LogP) is 2.66. The highest BCUT2D eigenvalue weighted by atomic mass is 127. The number of hydrogen-bond donors (Lipinski definition) is 2. The van der Waals surface area contributed by atoms with Crippen LogP contribution in [0.5, 0.6) is 0 Å². The van der Waals surface area contributed by atoms with Crippen LogP contribution >= 0.6 is 35.3 Å². The van der Waals surface area contributed by atoms with Gasteiger partial charge in [0.1, 0.15) is 0 Å². The molecule has 2 N–H and O–H groups in total. The summed E-state index contributed by atoms with van der Waals surface area (Å²) in [5.74, 6) is 0.831. The molecule has 0 aliphatic heterocycles. The van der Waals surface area contributed by atoms with E-state index < -0.39 is 0 Å². The van der Waals surface area contributed by atoms with E-state index in [4.69, 9.17) is 0 Å². The molecule has 0 aliphatic rings. The van der Waals surface area contributed by atoms with Gasteiger partial charge in [0.2, 0.25) is 0 Å². The van der Waals surface area contributed by atoms with Gasteiger partial charge >= 0.3 is 0 Å². The van der Waals surface area contributed by atoms with Crippen LogP contribution in [0.15, 0.2) is 17.3 Å². The van der Waals surface area contributed by atoms with E-state index >= 15 is 0 Å². The quantitative estimate of drug-likeness (QED) is 0.377. The molecule has 0 bridgehead atoms. The Morgan fingerprint density at radius 2 is 2.12 bits per heavy atom. The molecule has 0 fully saturated rings. The minimum absolute atomic E-state index is 0. The molecule has 8 heteroatoms. The van der Waals surface area contributed by atoms with Gasteiger partial charge in [0.25, 0.3) is 0 Å². The third-order valence-electron chi connectivity index (χ3n) is 3.57. The van der Waals surface area contributed by atoms with Crippen LogP contribution in [0.25, 0.3) is 0 Å². The van der Waals surface area contributed by atoms with Crippen molar-refractivity contribution in [2.24, 2.45) is 12.0 Å². The number of aliphatic imine (C=N–C) groups is 1. The number of halogens is 1. The number of aryl methyl sites for hydroxylation is 3. The molecule has 2 aromatic rings. The third kappa shape index (κ3) is 6.04. The summed E-state index contributed by atoms with van der Waals surface area (Å²) in [7, 11) is 1.93. The summed E-state index contributed by atoms with van der Waals surface area (Å²) in [6, 6.07) is 1.98. The average Bonchev–Trinajstić information content (AvgIpc) is 3.10. The second-order valence-electron chi connectivity index (χ2n) is 5.28. The topological polar surface area (TPSA) is 67.1 Å². The monoisotopic (exact) mass is 462 g/mol. The fourth-order valence-electron chi connectivity index (χ4n) is 2.27. The van der Waals surface area contributed by atoms with Crippen LogP contribution in [0.1, 0.15) is 35.1 Å². The average molecular weight is 462 g/mol. The van der Waals surface area contributed by atoms with Crippen LogP contribution in [-0.2, 0) is 26.4 Å². The first-order valence-electron chi connectivity index (χ1n) is 8.08. The third-order valence-corrected chi connectivity index (χ3v) is 4.64. The first-order chi connectivity index (χ1) is 11.1. The van der Waals surface area contributed by atoms with Crippen molar-refractivity contribution in [3.8, 4) is 0 Å². The molecule has 6 nitrogen and oxygen atoms in total. The number of nitrogens with one attached hydrogen (secondary N) is 2. The fourth-order valence-corrected chi connectivity index (χ4v) is 3.29. The Balaban J connectivity index is 0.00000288. The molecule has 0 aromatic carbocycles. The zero-order valence-corrected chi connectivity index (χ0v) is 17.9. The van der Waals surface area contributed by atoms with E-state index in [2.05, 4.69) is 46.5 Å². The lowest BCUT2D eigenvalue weighted by Crippen LogP contribution is -2.38. The number of guanidine groups is 1. The Kier molecular flexibility index (Phi) is 9.27. The highest BCUT2D eigenvalue weighted by Crippen LogP contribution is 2.17. The van der Waals surface area contributed by atoms with E-state index in [1.807, 2.05) is 17.8 Å². The Bertz CT molecular complexity index is 649. The summed E-state index contributed by atoms with van der Waals surface area (Å²) in [6.45, 7) is 8.65. The summed E-state index contributed by atoms with van der Waals surface area (Å²) in [6.07, 6.45) is 3.72. The largest absolute Gasteiger partial charge is 0.357 e. The lowest BCUT2D eigenvalue weighted by molar-refractivity contribution is 0.707. The minimum Gasteiger partial charge on any atom is -0.357 e. The van der Waals surface area contributed by atoms with Gasteiger partial charge in [0.05, 0.1) is 22.9 Å². The summed E-state index contributed by atoms with van der Waals surface area (Å²) < 4.78 is 1.84. The van der Waals surface area contributed by atoms with Crippen LogP contribution in [-0.4, -0.2) is 33.8 Å². The molecule has 0 amide bonds. The maximum atomic E-state index is 4.68. The van der Waals surface area contributed by atoms with Crippen molar-refractivity contribution in [2.45, 2.75) is 40.2 Å². The molecule has 0 saturated heterocycles. The highest BCUT2D eigenvalue weighted by Gasteiger charge is 2.06. The maximum Gasteiger partial charge on any atom is 0.191 e. The number of rotatable bonds is 7. The molecule has 0 radical (unpaired) electrons. The summed E-state index contributed by atoms with van der Waals surface area (Å²) in [5.41, 5.74) is 2.31. The molecule has 0 atom stereocenters. The first-order valence-corrected chi connectivity index (χ1v) is 8.89. The van der Waals surface area contributed by atoms with Gasteiger partial charge in [-0.3, -0.25) is 4.68 Å². The SMILES string of the molecule is CCNC(=NCc1ccnn1C)NCCc1nc(CC)c(C)s1.I. The van der Waals surface area contributed by atoms with Crippen molar-refractivity contribution < 1.29 is 0 Å². The molecule has 0 spiro atoms. The van der Waals surface area contributed by atoms with Crippen LogP contribution in [0.3, 0.4) is 0 Å². The fraction of sp³-hybridized carbons (Fsp3) is 0.562. The van der Waals surface area contributed by atoms with Gasteiger partial charge in [-0.15, -0.1) is 35.3 Å². The standard InChI is InChI=1S/C16H26N6S.HI/c1-5-14-12(3)23-15(21-14)8-9-18-16(17-6-2)19-11-13-7-10-20-22(13)4;/h7,10H,5-6,8-9,11H2,1-4H3,(H2,17,18,19);1H. The second kappa shape index (κ2) is 10.7. The lowest BCUT2D eigenvalue weighted by atomic mass is 10.3. The van der Waals surface area contributed by atoms with E-state index in [-0.39, 0.29) is 24.0 Å². The molecule has 0 aliphatic carbocycles. The van der Waals surface area contributed by atoms with Gasteiger partial charge < -0.3 is 10.6 Å². The normalized spacial score (nSPS) is 11.2. The second-order valence-corrected chi connectivity index (χ2v) is 6.57. The van der Waals surface area contributed by atoms with Crippen LogP contribution < -0.4 is 10.6 Å². The van der Waals surface area contributed by atoms with Gasteiger partial charge in [-0.05, 0) is 26.3 Å². The molecule has 24 heavy (non-hydrogen) atoms. The number of hydrogen-bond acceptors (Lipinski definition) is 4. The number of aromatic nitrogens is 3. The Hall–Kier alpha value is -1.16. The van der Waals surface area contributed by atoms with E-state index in [0.29, 0.717) is 6.54 Å². The van der Waals surface area contributed by atoms with Crippen molar-refractivity contribution in [1.82, 2.24) is 25.4 Å².